The number of methoxy groups -OCH3 is 1. The van der Waals surface area contributed by atoms with Crippen LogP contribution in [0.25, 0.3) is 16.7 Å². The van der Waals surface area contributed by atoms with Crippen LogP contribution in [-0.2, 0) is 0 Å². The van der Waals surface area contributed by atoms with Crippen LogP contribution in [0.2, 0.25) is 0 Å². The number of thioether (sulfide) groups is 1. The fourth-order valence-corrected chi connectivity index (χ4v) is 4.39. The van der Waals surface area contributed by atoms with E-state index in [-0.39, 0.29) is 5.91 Å². The maximum atomic E-state index is 12.7. The number of amidine groups is 1. The lowest BCUT2D eigenvalue weighted by molar-refractivity contribution is 0.0978. The third-order valence-corrected chi connectivity index (χ3v) is 6.48. The van der Waals surface area contributed by atoms with Crippen LogP contribution in [-0.4, -0.2) is 38.3 Å². The summed E-state index contributed by atoms with van der Waals surface area (Å²) in [6, 6.07) is 11.9. The second-order valence-electron chi connectivity index (χ2n) is 7.76. The zero-order valence-corrected chi connectivity index (χ0v) is 19.8. The van der Waals surface area contributed by atoms with Crippen LogP contribution < -0.4 is 15.4 Å². The number of benzene rings is 2. The molecule has 5 nitrogen and oxygen atoms in total. The zero-order chi connectivity index (χ0) is 23.1. The smallest absolute Gasteiger partial charge is 0.257 e. The Bertz CT molecular complexity index is 1040. The topological polar surface area (TPSA) is 62.7 Å². The predicted molar refractivity (Wildman–Crippen MR) is 136 cm³/mol. The molecule has 0 atom stereocenters. The van der Waals surface area contributed by atoms with Gasteiger partial charge >= 0.3 is 0 Å². The van der Waals surface area contributed by atoms with E-state index < -0.39 is 0 Å². The Kier molecular flexibility index (Phi) is 8.31. The minimum Gasteiger partial charge on any atom is -0.496 e. The van der Waals surface area contributed by atoms with E-state index in [1.807, 2.05) is 31.2 Å². The third kappa shape index (κ3) is 5.50. The summed E-state index contributed by atoms with van der Waals surface area (Å²) in [4.78, 5) is 16.8. The Morgan fingerprint density at radius 1 is 1.25 bits per heavy atom. The highest BCUT2D eigenvalue weighted by Gasteiger charge is 2.20. The van der Waals surface area contributed by atoms with Crippen LogP contribution in [0.15, 0.2) is 60.0 Å². The fourth-order valence-electron chi connectivity index (χ4n) is 3.97. The van der Waals surface area contributed by atoms with Crippen LogP contribution in [0.1, 0.15) is 34.3 Å². The molecule has 0 bridgehead atoms. The zero-order valence-electron chi connectivity index (χ0n) is 19.0. The van der Waals surface area contributed by atoms with Crippen molar-refractivity contribution in [1.29, 1.82) is 0 Å². The normalized spacial score (nSPS) is 14.7. The van der Waals surface area contributed by atoms with Crippen molar-refractivity contribution in [2.75, 3.05) is 27.2 Å². The van der Waals surface area contributed by atoms with Gasteiger partial charge in [0.25, 0.3) is 5.91 Å². The van der Waals surface area contributed by atoms with Crippen molar-refractivity contribution < 1.29 is 9.53 Å². The van der Waals surface area contributed by atoms with Gasteiger partial charge in [0.2, 0.25) is 0 Å². The first-order valence-electron chi connectivity index (χ1n) is 10.7. The average Bonchev–Trinajstić information content (AvgIpc) is 2.83. The van der Waals surface area contributed by atoms with Crippen LogP contribution in [0.4, 0.5) is 0 Å². The van der Waals surface area contributed by atoms with Gasteiger partial charge in [0, 0.05) is 18.2 Å². The molecular formula is C26H31N3O2S. The molecule has 0 spiro atoms. The molecule has 3 rings (SSSR count). The van der Waals surface area contributed by atoms with Crippen molar-refractivity contribution >= 4 is 28.4 Å². The Balaban J connectivity index is 1.90. The molecule has 1 heterocycles. The molecule has 1 aliphatic heterocycles. The molecule has 32 heavy (non-hydrogen) atoms. The van der Waals surface area contributed by atoms with Gasteiger partial charge in [0.15, 0.2) is 5.17 Å². The van der Waals surface area contributed by atoms with Gasteiger partial charge in [-0.1, -0.05) is 43.1 Å². The quantitative estimate of drug-likeness (QED) is 0.465. The molecule has 2 aromatic carbocycles. The van der Waals surface area contributed by atoms with E-state index in [0.717, 1.165) is 59.5 Å². The highest BCUT2D eigenvalue weighted by atomic mass is 32.2. The van der Waals surface area contributed by atoms with E-state index in [0.29, 0.717) is 16.6 Å². The van der Waals surface area contributed by atoms with Gasteiger partial charge in [-0.25, -0.2) is 0 Å². The number of hydrogen-bond donors (Lipinski definition) is 2. The molecule has 6 heteroatoms. The van der Waals surface area contributed by atoms with E-state index >= 15 is 0 Å². The molecule has 2 N–H and O–H groups in total. The lowest BCUT2D eigenvalue weighted by Gasteiger charge is -2.26. The molecule has 1 amide bonds. The first kappa shape index (κ1) is 23.8. The number of rotatable bonds is 6. The summed E-state index contributed by atoms with van der Waals surface area (Å²) in [7, 11) is 3.33. The van der Waals surface area contributed by atoms with Crippen LogP contribution >= 0.6 is 11.8 Å². The number of amides is 1. The molecule has 0 aromatic heterocycles. The number of carbonyl (C=O) groups is 1. The summed E-state index contributed by atoms with van der Waals surface area (Å²) in [5.74, 6) is 1.07. The predicted octanol–water partition coefficient (Wildman–Crippen LogP) is 5.28. The number of aryl methyl sites for hydroxylation is 1. The van der Waals surface area contributed by atoms with Crippen molar-refractivity contribution in [3.8, 4) is 16.9 Å². The maximum Gasteiger partial charge on any atom is 0.257 e. The maximum absolute atomic E-state index is 12.7. The molecule has 0 aliphatic carbocycles. The summed E-state index contributed by atoms with van der Waals surface area (Å²) in [5.41, 5.74) is 5.82. The summed E-state index contributed by atoms with van der Waals surface area (Å²) >= 11 is 1.28. The molecule has 168 valence electrons. The molecule has 1 fully saturated rings. The van der Waals surface area contributed by atoms with E-state index in [1.165, 1.54) is 11.8 Å². The molecular weight excluding hydrogens is 418 g/mol. The average molecular weight is 450 g/mol. The number of hydrogen-bond acceptors (Lipinski definition) is 5. The number of carbonyl (C=O) groups excluding carboxylic acids is 1. The molecule has 2 aromatic rings. The third-order valence-electron chi connectivity index (χ3n) is 5.81. The largest absolute Gasteiger partial charge is 0.496 e. The van der Waals surface area contributed by atoms with E-state index in [1.54, 1.807) is 19.6 Å². The van der Waals surface area contributed by atoms with Crippen molar-refractivity contribution in [3.05, 3.63) is 71.7 Å². The first-order chi connectivity index (χ1) is 15.5. The summed E-state index contributed by atoms with van der Waals surface area (Å²) in [6.45, 7) is 12.1. The number of nitrogens with one attached hydrogen (secondary N) is 2. The van der Waals surface area contributed by atoms with Gasteiger partial charge in [-0.2, -0.15) is 0 Å². The Labute approximate surface area is 195 Å². The van der Waals surface area contributed by atoms with Crippen molar-refractivity contribution in [1.82, 2.24) is 10.6 Å². The second kappa shape index (κ2) is 11.2. The number of ether oxygens (including phenoxy) is 1. The molecule has 0 saturated carbocycles. The van der Waals surface area contributed by atoms with Gasteiger partial charge < -0.3 is 15.4 Å². The van der Waals surface area contributed by atoms with E-state index in [9.17, 15) is 4.79 Å². The molecule has 0 radical (unpaired) electrons. The standard InChI is InChI=1S/C26H31N3O2S/c1-6-32-26(27-4)29-25(30)21-8-7-17(2)23(15-21)20-9-10-22(24(16-20)31-5)18(3)19-11-13-28-14-12-19/h6-10,15-16,19,28H,1,3,11-14H2,2,4-5H3,(H,27,29,30). The monoisotopic (exact) mass is 449 g/mol. The van der Waals surface area contributed by atoms with Crippen molar-refractivity contribution in [2.24, 2.45) is 10.9 Å². The lowest BCUT2D eigenvalue weighted by atomic mass is 9.85. The minimum atomic E-state index is -0.205. The number of aliphatic imine (C=N–C) groups is 1. The van der Waals surface area contributed by atoms with Crippen molar-refractivity contribution in [3.63, 3.8) is 0 Å². The van der Waals surface area contributed by atoms with E-state index in [4.69, 9.17) is 4.74 Å². The fraction of sp³-hybridized carbons (Fsp3) is 0.308. The highest BCUT2D eigenvalue weighted by molar-refractivity contribution is 8.16. The van der Waals surface area contributed by atoms with Crippen molar-refractivity contribution in [2.45, 2.75) is 19.8 Å². The number of piperidine rings is 1. The lowest BCUT2D eigenvalue weighted by Crippen LogP contribution is -2.28. The molecule has 0 unspecified atom stereocenters. The molecule has 1 saturated heterocycles. The minimum absolute atomic E-state index is 0.205. The number of nitrogens with zero attached hydrogens (tertiary/aromatic N) is 1. The summed E-state index contributed by atoms with van der Waals surface area (Å²) < 4.78 is 5.75. The van der Waals surface area contributed by atoms with Gasteiger partial charge in [-0.3, -0.25) is 9.79 Å². The highest BCUT2D eigenvalue weighted by Crippen LogP contribution is 2.37. The van der Waals surface area contributed by atoms with Gasteiger partial charge in [0.1, 0.15) is 5.75 Å². The van der Waals surface area contributed by atoms with Gasteiger partial charge in [-0.05, 0) is 84.6 Å². The number of allylic oxidation sites excluding steroid dienone is 1. The first-order valence-corrected chi connectivity index (χ1v) is 11.6. The van der Waals surface area contributed by atoms with Gasteiger partial charge in [-0.15, -0.1) is 0 Å². The van der Waals surface area contributed by atoms with Crippen LogP contribution in [0, 0.1) is 12.8 Å². The van der Waals surface area contributed by atoms with Crippen LogP contribution in [0.5, 0.6) is 5.75 Å². The second-order valence-corrected chi connectivity index (χ2v) is 8.72. The Morgan fingerprint density at radius 3 is 2.66 bits per heavy atom. The SMILES string of the molecule is C=CSC(=NC)NC(=O)c1ccc(C)c(-c2ccc(C(=C)C3CCNCC3)c(OC)c2)c1. The van der Waals surface area contributed by atoms with Gasteiger partial charge in [0.05, 0.1) is 7.11 Å². The molecule has 1 aliphatic rings. The Morgan fingerprint density at radius 2 is 2.00 bits per heavy atom. The summed E-state index contributed by atoms with van der Waals surface area (Å²) in [5, 5.41) is 8.37. The Hall–Kier alpha value is -2.83. The van der Waals surface area contributed by atoms with E-state index in [2.05, 4.69) is 40.9 Å². The summed E-state index contributed by atoms with van der Waals surface area (Å²) in [6.07, 6.45) is 2.18. The van der Waals surface area contributed by atoms with Crippen LogP contribution in [0.3, 0.4) is 0 Å².